The van der Waals surface area contributed by atoms with E-state index in [1.165, 1.54) is 11.3 Å². The fraction of sp³-hybridized carbons (Fsp3) is 0.333. The molecule has 1 amide bonds. The number of benzene rings is 2. The van der Waals surface area contributed by atoms with Gasteiger partial charge >= 0.3 is 0 Å². The van der Waals surface area contributed by atoms with Crippen molar-refractivity contribution < 1.29 is 19.0 Å². The molecule has 0 unspecified atom stereocenters. The normalized spacial score (nSPS) is 11.5. The largest absolute Gasteiger partial charge is 0.494 e. The first-order chi connectivity index (χ1) is 15.1. The summed E-state index contributed by atoms with van der Waals surface area (Å²) < 4.78 is 19.4. The smallest absolute Gasteiger partial charge is 0.279 e. The predicted octanol–water partition coefficient (Wildman–Crippen LogP) is 5.22. The SMILES string of the molecule is C=CCn1c(=NC(=O)c2ccc(OCCCCC)cc2)sc2cc(OC)c(OC)cc21. The molecule has 0 N–H and O–H groups in total. The van der Waals surface area contributed by atoms with Crippen LogP contribution in [-0.2, 0) is 6.54 Å². The molecule has 1 aromatic heterocycles. The maximum atomic E-state index is 12.8. The van der Waals surface area contributed by atoms with Crippen molar-refractivity contribution >= 4 is 27.5 Å². The Bertz CT molecular complexity index is 1110. The highest BCUT2D eigenvalue weighted by molar-refractivity contribution is 7.16. The summed E-state index contributed by atoms with van der Waals surface area (Å²) in [6, 6.07) is 10.9. The molecule has 6 nitrogen and oxygen atoms in total. The minimum Gasteiger partial charge on any atom is -0.494 e. The molecule has 7 heteroatoms. The summed E-state index contributed by atoms with van der Waals surface area (Å²) in [6.07, 6.45) is 5.10. The van der Waals surface area contributed by atoms with Crippen LogP contribution in [0.25, 0.3) is 10.2 Å². The summed E-state index contributed by atoms with van der Waals surface area (Å²) in [4.78, 5) is 17.8. The number of allylic oxidation sites excluding steroid dienone is 1. The van der Waals surface area contributed by atoms with Gasteiger partial charge in [-0.25, -0.2) is 0 Å². The maximum absolute atomic E-state index is 12.8. The number of nitrogens with zero attached hydrogens (tertiary/aromatic N) is 2. The van der Waals surface area contributed by atoms with E-state index in [1.807, 2.05) is 28.8 Å². The number of rotatable bonds is 10. The third kappa shape index (κ3) is 5.35. The number of carbonyl (C=O) groups excluding carboxylic acids is 1. The third-order valence-corrected chi connectivity index (χ3v) is 5.86. The van der Waals surface area contributed by atoms with E-state index >= 15 is 0 Å². The zero-order chi connectivity index (χ0) is 22.2. The molecule has 0 fully saturated rings. The van der Waals surface area contributed by atoms with E-state index in [1.54, 1.807) is 32.4 Å². The second-order valence-electron chi connectivity index (χ2n) is 6.96. The van der Waals surface area contributed by atoms with Gasteiger partial charge in [0.2, 0.25) is 0 Å². The number of carbonyl (C=O) groups is 1. The van der Waals surface area contributed by atoms with Gasteiger partial charge in [-0.15, -0.1) is 6.58 Å². The minimum absolute atomic E-state index is 0.305. The van der Waals surface area contributed by atoms with Crippen LogP contribution in [0.4, 0.5) is 0 Å². The van der Waals surface area contributed by atoms with Crippen molar-refractivity contribution in [2.45, 2.75) is 32.7 Å². The highest BCUT2D eigenvalue weighted by atomic mass is 32.1. The molecule has 0 saturated carbocycles. The van der Waals surface area contributed by atoms with Gasteiger partial charge in [0.25, 0.3) is 5.91 Å². The zero-order valence-corrected chi connectivity index (χ0v) is 19.0. The van der Waals surface area contributed by atoms with Crippen molar-refractivity contribution in [1.29, 1.82) is 0 Å². The van der Waals surface area contributed by atoms with Gasteiger partial charge in [0.15, 0.2) is 16.3 Å². The van der Waals surface area contributed by atoms with Crippen LogP contribution in [0.15, 0.2) is 54.0 Å². The van der Waals surface area contributed by atoms with Crippen molar-refractivity contribution in [3.8, 4) is 17.2 Å². The second kappa shape index (κ2) is 10.8. The molecule has 0 radical (unpaired) electrons. The number of hydrogen-bond donors (Lipinski definition) is 0. The Balaban J connectivity index is 1.91. The number of unbranched alkanes of at least 4 members (excludes halogenated alkanes) is 2. The van der Waals surface area contributed by atoms with Gasteiger partial charge in [-0.1, -0.05) is 37.2 Å². The molecule has 3 rings (SSSR count). The molecule has 0 aliphatic carbocycles. The summed E-state index contributed by atoms with van der Waals surface area (Å²) in [7, 11) is 3.20. The highest BCUT2D eigenvalue weighted by Crippen LogP contribution is 2.33. The molecule has 164 valence electrons. The van der Waals surface area contributed by atoms with E-state index in [0.717, 1.165) is 35.2 Å². The van der Waals surface area contributed by atoms with E-state index in [9.17, 15) is 4.79 Å². The summed E-state index contributed by atoms with van der Waals surface area (Å²) in [6.45, 7) is 7.19. The van der Waals surface area contributed by atoms with Gasteiger partial charge < -0.3 is 18.8 Å². The van der Waals surface area contributed by atoms with E-state index in [4.69, 9.17) is 14.2 Å². The van der Waals surface area contributed by atoms with Gasteiger partial charge in [-0.3, -0.25) is 4.79 Å². The predicted molar refractivity (Wildman–Crippen MR) is 124 cm³/mol. The molecule has 0 aliphatic rings. The molecule has 31 heavy (non-hydrogen) atoms. The molecule has 1 heterocycles. The lowest BCUT2D eigenvalue weighted by Gasteiger charge is -2.08. The average Bonchev–Trinajstić information content (AvgIpc) is 3.12. The summed E-state index contributed by atoms with van der Waals surface area (Å²) in [5, 5.41) is 0. The number of thiazole rings is 1. The topological polar surface area (TPSA) is 62.1 Å². The Morgan fingerprint density at radius 2 is 1.84 bits per heavy atom. The Hall–Kier alpha value is -3.06. The van der Waals surface area contributed by atoms with Crippen LogP contribution < -0.4 is 19.0 Å². The van der Waals surface area contributed by atoms with Crippen LogP contribution >= 0.6 is 11.3 Å². The van der Waals surface area contributed by atoms with Gasteiger partial charge in [0.1, 0.15) is 5.75 Å². The van der Waals surface area contributed by atoms with Gasteiger partial charge in [-0.05, 0) is 30.7 Å². The van der Waals surface area contributed by atoms with Crippen LogP contribution in [-0.4, -0.2) is 31.3 Å². The van der Waals surface area contributed by atoms with E-state index in [0.29, 0.717) is 35.0 Å². The number of hydrogen-bond acceptors (Lipinski definition) is 5. The summed E-state index contributed by atoms with van der Waals surface area (Å²) >= 11 is 1.42. The van der Waals surface area contributed by atoms with Crippen LogP contribution in [0, 0.1) is 0 Å². The van der Waals surface area contributed by atoms with Crippen molar-refractivity contribution in [2.24, 2.45) is 4.99 Å². The van der Waals surface area contributed by atoms with Crippen LogP contribution in [0.3, 0.4) is 0 Å². The second-order valence-corrected chi connectivity index (χ2v) is 7.96. The average molecular weight is 441 g/mol. The van der Waals surface area contributed by atoms with Crippen molar-refractivity contribution in [2.75, 3.05) is 20.8 Å². The number of aromatic nitrogens is 1. The van der Waals surface area contributed by atoms with E-state index < -0.39 is 0 Å². The molecular formula is C24H28N2O4S. The Morgan fingerprint density at radius 3 is 2.48 bits per heavy atom. The van der Waals surface area contributed by atoms with Gasteiger partial charge in [-0.2, -0.15) is 4.99 Å². The van der Waals surface area contributed by atoms with E-state index in [2.05, 4.69) is 18.5 Å². The van der Waals surface area contributed by atoms with Gasteiger partial charge in [0.05, 0.1) is 31.0 Å². The molecular weight excluding hydrogens is 412 g/mol. The molecule has 0 aliphatic heterocycles. The lowest BCUT2D eigenvalue weighted by atomic mass is 10.2. The highest BCUT2D eigenvalue weighted by Gasteiger charge is 2.13. The minimum atomic E-state index is -0.305. The van der Waals surface area contributed by atoms with Crippen molar-refractivity contribution in [3.05, 3.63) is 59.4 Å². The molecule has 0 spiro atoms. The molecule has 0 saturated heterocycles. The maximum Gasteiger partial charge on any atom is 0.279 e. The number of amides is 1. The molecule has 3 aromatic rings. The van der Waals surface area contributed by atoms with Crippen molar-refractivity contribution in [1.82, 2.24) is 4.57 Å². The van der Waals surface area contributed by atoms with Gasteiger partial charge in [0, 0.05) is 24.2 Å². The Labute approximate surface area is 186 Å². The number of methoxy groups -OCH3 is 2. The third-order valence-electron chi connectivity index (χ3n) is 4.81. The number of ether oxygens (including phenoxy) is 3. The number of fused-ring (bicyclic) bond motifs is 1. The first-order valence-electron chi connectivity index (χ1n) is 10.3. The first kappa shape index (κ1) is 22.6. The van der Waals surface area contributed by atoms with Crippen LogP contribution in [0.5, 0.6) is 17.2 Å². The molecule has 0 bridgehead atoms. The van der Waals surface area contributed by atoms with Crippen LogP contribution in [0.1, 0.15) is 36.5 Å². The van der Waals surface area contributed by atoms with E-state index in [-0.39, 0.29) is 5.91 Å². The monoisotopic (exact) mass is 440 g/mol. The molecule has 2 aromatic carbocycles. The Kier molecular flexibility index (Phi) is 7.89. The lowest BCUT2D eigenvalue weighted by Crippen LogP contribution is -2.16. The quantitative estimate of drug-likeness (QED) is 0.320. The fourth-order valence-corrected chi connectivity index (χ4v) is 4.22. The van der Waals surface area contributed by atoms with Crippen molar-refractivity contribution in [3.63, 3.8) is 0 Å². The standard InChI is InChI=1S/C24H28N2O4S/c1-5-7-8-14-30-18-11-9-17(10-12-18)23(27)25-24-26(13-6-2)19-15-20(28-3)21(29-4)16-22(19)31-24/h6,9-12,15-16H,2,5,7-8,13-14H2,1,3-4H3. The molecule has 0 atom stereocenters. The van der Waals surface area contributed by atoms with Crippen LogP contribution in [0.2, 0.25) is 0 Å². The summed E-state index contributed by atoms with van der Waals surface area (Å²) in [5.74, 6) is 1.71. The first-order valence-corrected chi connectivity index (χ1v) is 11.1. The zero-order valence-electron chi connectivity index (χ0n) is 18.2. The Morgan fingerprint density at radius 1 is 1.13 bits per heavy atom. The summed E-state index contributed by atoms with van der Waals surface area (Å²) in [5.41, 5.74) is 1.42. The fourth-order valence-electron chi connectivity index (χ4n) is 3.17. The lowest BCUT2D eigenvalue weighted by molar-refractivity contribution is 0.0998.